The van der Waals surface area contributed by atoms with Crippen molar-refractivity contribution in [3.8, 4) is 0 Å². The van der Waals surface area contributed by atoms with Crippen molar-refractivity contribution in [2.75, 3.05) is 13.1 Å². The number of hydrogen-bond donors (Lipinski definition) is 2. The van der Waals surface area contributed by atoms with Gasteiger partial charge >= 0.3 is 0 Å². The van der Waals surface area contributed by atoms with Gasteiger partial charge < -0.3 is 16.0 Å². The van der Waals surface area contributed by atoms with Crippen molar-refractivity contribution in [2.45, 2.75) is 76.9 Å². The van der Waals surface area contributed by atoms with Gasteiger partial charge in [-0.3, -0.25) is 4.79 Å². The molecule has 4 heteroatoms. The summed E-state index contributed by atoms with van der Waals surface area (Å²) >= 11 is 0. The Balaban J connectivity index is 1.92. The monoisotopic (exact) mass is 281 g/mol. The van der Waals surface area contributed by atoms with E-state index >= 15 is 0 Å². The summed E-state index contributed by atoms with van der Waals surface area (Å²) < 4.78 is 0. The highest BCUT2D eigenvalue weighted by Crippen LogP contribution is 2.27. The largest absolute Gasteiger partial charge is 0.368 e. The summed E-state index contributed by atoms with van der Waals surface area (Å²) in [6, 6.07) is 0.910. The molecule has 1 amide bonds. The molecule has 0 aromatic carbocycles. The van der Waals surface area contributed by atoms with Crippen LogP contribution >= 0.6 is 0 Å². The standard InChI is InChI=1S/C16H31N3O/c1-12-5-4-9-19(10-8-12)13(2)11-16(3,15(17)20)18-14-6-7-14/h12-14,18H,4-11H2,1-3H3,(H2,17,20). The molecule has 0 aromatic rings. The molecule has 0 aromatic heterocycles. The van der Waals surface area contributed by atoms with Crippen LogP contribution in [0.3, 0.4) is 0 Å². The van der Waals surface area contributed by atoms with Crippen LogP contribution in [0.25, 0.3) is 0 Å². The van der Waals surface area contributed by atoms with Crippen LogP contribution in [-0.4, -0.2) is 41.5 Å². The van der Waals surface area contributed by atoms with Crippen molar-refractivity contribution in [2.24, 2.45) is 11.7 Å². The molecule has 0 spiro atoms. The predicted octanol–water partition coefficient (Wildman–Crippen LogP) is 1.88. The Kier molecular flexibility index (Phi) is 5.08. The minimum absolute atomic E-state index is 0.209. The third kappa shape index (κ3) is 4.19. The Hall–Kier alpha value is -0.610. The molecule has 2 aliphatic rings. The molecule has 3 unspecified atom stereocenters. The molecule has 1 aliphatic heterocycles. The minimum atomic E-state index is -0.557. The van der Waals surface area contributed by atoms with E-state index in [1.807, 2.05) is 6.92 Å². The second-order valence-electron chi connectivity index (χ2n) is 7.24. The Morgan fingerprint density at radius 3 is 2.65 bits per heavy atom. The van der Waals surface area contributed by atoms with Crippen LogP contribution < -0.4 is 11.1 Å². The summed E-state index contributed by atoms with van der Waals surface area (Å²) in [7, 11) is 0. The van der Waals surface area contributed by atoms with Gasteiger partial charge in [0.15, 0.2) is 0 Å². The summed E-state index contributed by atoms with van der Waals surface area (Å²) in [5.41, 5.74) is 5.10. The first-order valence-electron chi connectivity index (χ1n) is 8.22. The van der Waals surface area contributed by atoms with E-state index in [9.17, 15) is 4.79 Å². The number of carbonyl (C=O) groups is 1. The third-order valence-corrected chi connectivity index (χ3v) is 5.02. The van der Waals surface area contributed by atoms with Gasteiger partial charge in [-0.1, -0.05) is 6.92 Å². The lowest BCUT2D eigenvalue weighted by Crippen LogP contribution is -2.57. The molecule has 3 N–H and O–H groups in total. The highest BCUT2D eigenvalue weighted by molar-refractivity contribution is 5.84. The first-order valence-corrected chi connectivity index (χ1v) is 8.22. The zero-order valence-corrected chi connectivity index (χ0v) is 13.3. The maximum Gasteiger partial charge on any atom is 0.237 e. The number of likely N-dealkylation sites (tertiary alicyclic amines) is 1. The fourth-order valence-electron chi connectivity index (χ4n) is 3.35. The minimum Gasteiger partial charge on any atom is -0.368 e. The van der Waals surface area contributed by atoms with Crippen LogP contribution in [0.5, 0.6) is 0 Å². The zero-order valence-electron chi connectivity index (χ0n) is 13.3. The van der Waals surface area contributed by atoms with Gasteiger partial charge in [-0.25, -0.2) is 0 Å². The van der Waals surface area contributed by atoms with Crippen molar-refractivity contribution in [3.05, 3.63) is 0 Å². The topological polar surface area (TPSA) is 58.4 Å². The van der Waals surface area contributed by atoms with E-state index in [1.54, 1.807) is 0 Å². The normalized spacial score (nSPS) is 29.4. The molecule has 1 heterocycles. The molecule has 1 saturated heterocycles. The fraction of sp³-hybridized carbons (Fsp3) is 0.938. The summed E-state index contributed by atoms with van der Waals surface area (Å²) in [5.74, 6) is 0.624. The van der Waals surface area contributed by atoms with Crippen LogP contribution in [0.1, 0.15) is 59.3 Å². The van der Waals surface area contributed by atoms with Gasteiger partial charge in [0.2, 0.25) is 5.91 Å². The SMILES string of the molecule is CC1CCCN(C(C)CC(C)(NC2CC2)C(N)=O)CC1. The fourth-order valence-corrected chi connectivity index (χ4v) is 3.35. The van der Waals surface area contributed by atoms with Gasteiger partial charge in [0.25, 0.3) is 0 Å². The van der Waals surface area contributed by atoms with Crippen molar-refractivity contribution in [3.63, 3.8) is 0 Å². The number of hydrogen-bond acceptors (Lipinski definition) is 3. The lowest BCUT2D eigenvalue weighted by molar-refractivity contribution is -0.124. The summed E-state index contributed by atoms with van der Waals surface area (Å²) in [6.07, 6.45) is 7.04. The highest BCUT2D eigenvalue weighted by Gasteiger charge is 2.39. The van der Waals surface area contributed by atoms with Crippen molar-refractivity contribution >= 4 is 5.91 Å². The van der Waals surface area contributed by atoms with E-state index in [1.165, 1.54) is 32.1 Å². The molecular formula is C16H31N3O. The zero-order chi connectivity index (χ0) is 14.8. The molecule has 2 fully saturated rings. The summed E-state index contributed by atoms with van der Waals surface area (Å²) in [5, 5.41) is 3.46. The number of carbonyl (C=O) groups excluding carboxylic acids is 1. The average molecular weight is 281 g/mol. The third-order valence-electron chi connectivity index (χ3n) is 5.02. The van der Waals surface area contributed by atoms with Crippen LogP contribution in [0.4, 0.5) is 0 Å². The molecule has 4 nitrogen and oxygen atoms in total. The summed E-state index contributed by atoms with van der Waals surface area (Å²) in [4.78, 5) is 14.4. The molecule has 2 rings (SSSR count). The van der Waals surface area contributed by atoms with E-state index in [4.69, 9.17) is 5.73 Å². The Morgan fingerprint density at radius 1 is 1.35 bits per heavy atom. The van der Waals surface area contributed by atoms with E-state index < -0.39 is 5.54 Å². The molecular weight excluding hydrogens is 250 g/mol. The van der Waals surface area contributed by atoms with Crippen molar-refractivity contribution < 1.29 is 4.79 Å². The molecule has 0 radical (unpaired) electrons. The number of nitrogens with two attached hydrogens (primary N) is 1. The average Bonchev–Trinajstić information content (AvgIpc) is 3.17. The lowest BCUT2D eigenvalue weighted by Gasteiger charge is -2.35. The first-order chi connectivity index (χ1) is 9.40. The van der Waals surface area contributed by atoms with Gasteiger partial charge in [-0.05, 0) is 71.4 Å². The number of nitrogens with one attached hydrogen (secondary N) is 1. The highest BCUT2D eigenvalue weighted by atomic mass is 16.1. The Labute approximate surface area is 123 Å². The quantitative estimate of drug-likeness (QED) is 0.781. The maximum atomic E-state index is 11.9. The van der Waals surface area contributed by atoms with E-state index in [2.05, 4.69) is 24.1 Å². The van der Waals surface area contributed by atoms with Crippen molar-refractivity contribution in [1.82, 2.24) is 10.2 Å². The molecule has 1 aliphatic carbocycles. The van der Waals surface area contributed by atoms with Gasteiger partial charge in [-0.15, -0.1) is 0 Å². The molecule has 0 bridgehead atoms. The first kappa shape index (κ1) is 15.8. The maximum absolute atomic E-state index is 11.9. The second kappa shape index (κ2) is 6.44. The van der Waals surface area contributed by atoms with Gasteiger partial charge in [0.1, 0.15) is 0 Å². The predicted molar refractivity (Wildman–Crippen MR) is 82.4 cm³/mol. The summed E-state index contributed by atoms with van der Waals surface area (Å²) in [6.45, 7) is 8.87. The van der Waals surface area contributed by atoms with Gasteiger partial charge in [0, 0.05) is 12.1 Å². The molecule has 116 valence electrons. The van der Waals surface area contributed by atoms with Gasteiger partial charge in [-0.2, -0.15) is 0 Å². The Bertz CT molecular complexity index is 343. The van der Waals surface area contributed by atoms with Gasteiger partial charge in [0.05, 0.1) is 5.54 Å². The number of amides is 1. The van der Waals surface area contributed by atoms with Crippen LogP contribution in [0.2, 0.25) is 0 Å². The molecule has 3 atom stereocenters. The second-order valence-corrected chi connectivity index (χ2v) is 7.24. The number of primary amides is 1. The number of rotatable bonds is 6. The Morgan fingerprint density at radius 2 is 2.05 bits per heavy atom. The smallest absolute Gasteiger partial charge is 0.237 e. The van der Waals surface area contributed by atoms with Crippen LogP contribution in [0, 0.1) is 5.92 Å². The van der Waals surface area contributed by atoms with Crippen LogP contribution in [-0.2, 0) is 4.79 Å². The van der Waals surface area contributed by atoms with Crippen molar-refractivity contribution in [1.29, 1.82) is 0 Å². The molecule has 20 heavy (non-hydrogen) atoms. The lowest BCUT2D eigenvalue weighted by atomic mass is 9.91. The van der Waals surface area contributed by atoms with E-state index in [0.717, 1.165) is 25.4 Å². The van der Waals surface area contributed by atoms with E-state index in [-0.39, 0.29) is 5.91 Å². The molecule has 1 saturated carbocycles. The number of nitrogens with zero attached hydrogens (tertiary/aromatic N) is 1. The van der Waals surface area contributed by atoms with E-state index in [0.29, 0.717) is 12.1 Å². The van der Waals surface area contributed by atoms with Crippen LogP contribution in [0.15, 0.2) is 0 Å².